The zero-order valence-corrected chi connectivity index (χ0v) is 23.2. The number of nitrogens with zero attached hydrogens (tertiary/aromatic N) is 3. The first-order valence-corrected chi connectivity index (χ1v) is 13.9. The van der Waals surface area contributed by atoms with Crippen LogP contribution in [0.15, 0.2) is 59.2 Å². The molecule has 4 rings (SSSR count). The van der Waals surface area contributed by atoms with Gasteiger partial charge in [-0.3, -0.25) is 14.5 Å². The molecule has 0 aliphatic carbocycles. The molecule has 2 aliphatic rings. The average molecular weight is 538 g/mol. The number of amidine groups is 1. The molecule has 1 unspecified atom stereocenters. The third kappa shape index (κ3) is 6.76. The summed E-state index contributed by atoms with van der Waals surface area (Å²) in [5.74, 6) is 1.29. The maximum Gasteiger partial charge on any atom is 0.283 e. The second-order valence-corrected chi connectivity index (χ2v) is 10.3. The summed E-state index contributed by atoms with van der Waals surface area (Å²) in [5.41, 5.74) is 1.82. The zero-order chi connectivity index (χ0) is 27.1. The first-order chi connectivity index (χ1) is 18.4. The lowest BCUT2D eigenvalue weighted by atomic mass is 10.2. The lowest BCUT2D eigenvalue weighted by Gasteiger charge is -2.30. The minimum Gasteiger partial charge on any atom is -0.494 e. The number of thioether (sulfide) groups is 1. The Morgan fingerprint density at radius 2 is 1.71 bits per heavy atom. The molecule has 202 valence electrons. The number of carbonyl (C=O) groups excluding carboxylic acids is 2. The predicted octanol–water partition coefficient (Wildman–Crippen LogP) is 4.99. The predicted molar refractivity (Wildman–Crippen MR) is 152 cm³/mol. The minimum atomic E-state index is -0.364. The van der Waals surface area contributed by atoms with Gasteiger partial charge in [-0.25, -0.2) is 4.99 Å². The number of carbonyl (C=O) groups is 2. The van der Waals surface area contributed by atoms with Gasteiger partial charge >= 0.3 is 0 Å². The standard InChI is InChI=1S/C29H35N3O5S/c1-5-26(28(34)31-15-17-35-18-16-31)38-29-30-25(19-21-7-11-24(12-8-21)37-20(3)4)27(33)32(29)22-9-13-23(14-10-22)36-6-2/h7-14,19-20,26H,5-6,15-18H2,1-4H3/b25-19+. The van der Waals surface area contributed by atoms with Gasteiger partial charge < -0.3 is 19.1 Å². The third-order valence-electron chi connectivity index (χ3n) is 6.01. The van der Waals surface area contributed by atoms with Crippen LogP contribution < -0.4 is 14.4 Å². The van der Waals surface area contributed by atoms with Crippen molar-refractivity contribution in [3.05, 3.63) is 59.8 Å². The average Bonchev–Trinajstić information content (AvgIpc) is 3.23. The summed E-state index contributed by atoms with van der Waals surface area (Å²) in [6, 6.07) is 14.9. The fraction of sp³-hybridized carbons (Fsp3) is 0.414. The summed E-state index contributed by atoms with van der Waals surface area (Å²) in [5, 5.41) is 0.121. The van der Waals surface area contributed by atoms with Crippen LogP contribution in [0.1, 0.15) is 39.7 Å². The van der Waals surface area contributed by atoms with E-state index in [0.29, 0.717) is 55.9 Å². The Hall–Kier alpha value is -3.30. The van der Waals surface area contributed by atoms with Gasteiger partial charge in [0.15, 0.2) is 5.17 Å². The number of anilines is 1. The molecule has 9 heteroatoms. The first-order valence-electron chi connectivity index (χ1n) is 13.1. The lowest BCUT2D eigenvalue weighted by Crippen LogP contribution is -2.45. The van der Waals surface area contributed by atoms with Gasteiger partial charge in [0.1, 0.15) is 17.2 Å². The number of rotatable bonds is 9. The molecule has 0 radical (unpaired) electrons. The number of hydrogen-bond acceptors (Lipinski definition) is 7. The Morgan fingerprint density at radius 3 is 2.32 bits per heavy atom. The molecule has 1 saturated heterocycles. The second kappa shape index (κ2) is 13.0. The number of hydrogen-bond donors (Lipinski definition) is 0. The number of aliphatic imine (C=N–C) groups is 1. The highest BCUT2D eigenvalue weighted by molar-refractivity contribution is 8.15. The van der Waals surface area contributed by atoms with Gasteiger partial charge in [-0.2, -0.15) is 0 Å². The van der Waals surface area contributed by atoms with Crippen LogP contribution in [0, 0.1) is 0 Å². The zero-order valence-electron chi connectivity index (χ0n) is 22.4. The molecule has 8 nitrogen and oxygen atoms in total. The first kappa shape index (κ1) is 27.7. The van der Waals surface area contributed by atoms with Crippen molar-refractivity contribution < 1.29 is 23.8 Å². The highest BCUT2D eigenvalue weighted by Gasteiger charge is 2.36. The van der Waals surface area contributed by atoms with E-state index >= 15 is 0 Å². The van der Waals surface area contributed by atoms with Crippen molar-refractivity contribution in [3.63, 3.8) is 0 Å². The molecule has 2 amide bonds. The van der Waals surface area contributed by atoms with Gasteiger partial charge in [0.2, 0.25) is 5.91 Å². The van der Waals surface area contributed by atoms with Crippen molar-refractivity contribution in [1.29, 1.82) is 0 Å². The maximum atomic E-state index is 13.6. The van der Waals surface area contributed by atoms with E-state index in [4.69, 9.17) is 19.2 Å². The van der Waals surface area contributed by atoms with Crippen LogP contribution in [0.25, 0.3) is 6.08 Å². The summed E-state index contributed by atoms with van der Waals surface area (Å²) in [6.45, 7) is 10.6. The smallest absolute Gasteiger partial charge is 0.283 e. The summed E-state index contributed by atoms with van der Waals surface area (Å²) in [6.07, 6.45) is 2.46. The molecule has 1 atom stereocenters. The molecule has 2 aliphatic heterocycles. The molecule has 38 heavy (non-hydrogen) atoms. The van der Waals surface area contributed by atoms with Crippen molar-refractivity contribution in [2.75, 3.05) is 37.8 Å². The van der Waals surface area contributed by atoms with E-state index in [1.165, 1.54) is 11.8 Å². The van der Waals surface area contributed by atoms with E-state index in [2.05, 4.69) is 0 Å². The maximum absolute atomic E-state index is 13.6. The van der Waals surface area contributed by atoms with E-state index in [1.54, 1.807) is 11.0 Å². The van der Waals surface area contributed by atoms with Crippen LogP contribution in [-0.4, -0.2) is 66.1 Å². The minimum absolute atomic E-state index is 0.0424. The summed E-state index contributed by atoms with van der Waals surface area (Å²) in [7, 11) is 0. The van der Waals surface area contributed by atoms with Crippen molar-refractivity contribution >= 4 is 40.5 Å². The molecule has 0 saturated carbocycles. The Labute approximate surface area is 228 Å². The SMILES string of the molecule is CCOc1ccc(N2C(=O)/C(=C\c3ccc(OC(C)C)cc3)N=C2SC(CC)C(=O)N2CCOCC2)cc1. The van der Waals surface area contributed by atoms with E-state index in [1.807, 2.05) is 81.1 Å². The van der Waals surface area contributed by atoms with Crippen molar-refractivity contribution in [3.8, 4) is 11.5 Å². The fourth-order valence-corrected chi connectivity index (χ4v) is 5.27. The second-order valence-electron chi connectivity index (χ2n) is 9.18. The largest absolute Gasteiger partial charge is 0.494 e. The Bertz CT molecular complexity index is 1170. The van der Waals surface area contributed by atoms with E-state index in [9.17, 15) is 9.59 Å². The molecule has 0 N–H and O–H groups in total. The van der Waals surface area contributed by atoms with Gasteiger partial charge in [-0.05, 0) is 75.2 Å². The van der Waals surface area contributed by atoms with Gasteiger partial charge in [0.05, 0.1) is 36.9 Å². The molecular formula is C29H35N3O5S. The van der Waals surface area contributed by atoms with Gasteiger partial charge in [0.25, 0.3) is 5.91 Å². The summed E-state index contributed by atoms with van der Waals surface area (Å²) in [4.78, 5) is 35.1. The van der Waals surface area contributed by atoms with E-state index < -0.39 is 0 Å². The van der Waals surface area contributed by atoms with Crippen molar-refractivity contribution in [2.45, 2.75) is 45.5 Å². The highest BCUT2D eigenvalue weighted by Crippen LogP contribution is 2.33. The molecule has 0 aromatic heterocycles. The number of ether oxygens (including phenoxy) is 3. The van der Waals surface area contributed by atoms with Gasteiger partial charge in [0, 0.05) is 13.1 Å². The van der Waals surface area contributed by atoms with Gasteiger partial charge in [-0.15, -0.1) is 0 Å². The highest BCUT2D eigenvalue weighted by atomic mass is 32.2. The molecule has 2 heterocycles. The van der Waals surface area contributed by atoms with Crippen LogP contribution in [0.4, 0.5) is 5.69 Å². The Kier molecular flexibility index (Phi) is 9.47. The van der Waals surface area contributed by atoms with E-state index in [-0.39, 0.29) is 23.2 Å². The molecule has 2 aromatic rings. The molecule has 2 aromatic carbocycles. The molecule has 0 bridgehead atoms. The topological polar surface area (TPSA) is 80.7 Å². The third-order valence-corrected chi connectivity index (χ3v) is 7.31. The summed E-state index contributed by atoms with van der Waals surface area (Å²) >= 11 is 1.33. The van der Waals surface area contributed by atoms with Crippen LogP contribution >= 0.6 is 11.8 Å². The van der Waals surface area contributed by atoms with Gasteiger partial charge in [-0.1, -0.05) is 30.8 Å². The monoisotopic (exact) mass is 537 g/mol. The van der Waals surface area contributed by atoms with Crippen molar-refractivity contribution in [2.24, 2.45) is 4.99 Å². The van der Waals surface area contributed by atoms with Crippen LogP contribution in [0.2, 0.25) is 0 Å². The van der Waals surface area contributed by atoms with Crippen LogP contribution in [0.5, 0.6) is 11.5 Å². The number of benzene rings is 2. The Balaban J connectivity index is 1.63. The molecule has 1 fully saturated rings. The van der Waals surface area contributed by atoms with Crippen LogP contribution in [0.3, 0.4) is 0 Å². The quantitative estimate of drug-likeness (QED) is 0.420. The fourth-order valence-electron chi connectivity index (χ4n) is 4.16. The normalized spacial score (nSPS) is 17.7. The lowest BCUT2D eigenvalue weighted by molar-refractivity contribution is -0.134. The molecular weight excluding hydrogens is 502 g/mol. The van der Waals surface area contributed by atoms with E-state index in [0.717, 1.165) is 17.1 Å². The van der Waals surface area contributed by atoms with Crippen LogP contribution in [-0.2, 0) is 14.3 Å². The van der Waals surface area contributed by atoms with Crippen molar-refractivity contribution in [1.82, 2.24) is 4.90 Å². The number of amides is 2. The Morgan fingerprint density at radius 1 is 1.05 bits per heavy atom. The summed E-state index contributed by atoms with van der Waals surface area (Å²) < 4.78 is 16.7. The number of morpholine rings is 1. The molecule has 0 spiro atoms.